The summed E-state index contributed by atoms with van der Waals surface area (Å²) in [6.07, 6.45) is 0.740. The van der Waals surface area contributed by atoms with Crippen molar-refractivity contribution in [2.75, 3.05) is 18.0 Å². The van der Waals surface area contributed by atoms with E-state index in [2.05, 4.69) is 21.2 Å². The number of nitrogens with one attached hydrogen (secondary N) is 1. The van der Waals surface area contributed by atoms with Crippen LogP contribution in [-0.4, -0.2) is 24.9 Å². The van der Waals surface area contributed by atoms with E-state index in [1.807, 2.05) is 18.2 Å². The number of hydrogen-bond donors (Lipinski definition) is 1. The maximum Gasteiger partial charge on any atom is 0.251 e. The van der Waals surface area contributed by atoms with Crippen LogP contribution in [0, 0.1) is 11.6 Å². The van der Waals surface area contributed by atoms with E-state index < -0.39 is 17.5 Å². The van der Waals surface area contributed by atoms with Gasteiger partial charge in [0.05, 0.1) is 6.54 Å². The van der Waals surface area contributed by atoms with Gasteiger partial charge in [-0.05, 0) is 42.3 Å². The number of anilines is 1. The van der Waals surface area contributed by atoms with Gasteiger partial charge in [0.25, 0.3) is 5.91 Å². The molecule has 2 aromatic carbocycles. The van der Waals surface area contributed by atoms with E-state index in [0.717, 1.165) is 34.3 Å². The summed E-state index contributed by atoms with van der Waals surface area (Å²) >= 11 is 3.39. The second-order valence-electron chi connectivity index (χ2n) is 5.41. The maximum atomic E-state index is 13.1. The summed E-state index contributed by atoms with van der Waals surface area (Å²) in [6, 6.07) is 8.17. The molecule has 3 rings (SSSR count). The Balaban J connectivity index is 1.65. The molecule has 0 saturated carbocycles. The highest BCUT2D eigenvalue weighted by atomic mass is 79.9. The molecule has 2 aromatic rings. The number of benzene rings is 2. The normalized spacial score (nSPS) is 12.9. The summed E-state index contributed by atoms with van der Waals surface area (Å²) in [4.78, 5) is 25.8. The quantitative estimate of drug-likeness (QED) is 0.869. The van der Waals surface area contributed by atoms with Crippen molar-refractivity contribution in [3.8, 4) is 0 Å². The molecule has 1 aliphatic heterocycles. The van der Waals surface area contributed by atoms with E-state index in [9.17, 15) is 18.4 Å². The first kappa shape index (κ1) is 16.6. The molecule has 0 unspecified atom stereocenters. The predicted molar refractivity (Wildman–Crippen MR) is 88.9 cm³/mol. The van der Waals surface area contributed by atoms with E-state index in [1.54, 1.807) is 4.90 Å². The summed E-state index contributed by atoms with van der Waals surface area (Å²) in [5, 5.41) is 2.40. The monoisotopic (exact) mass is 394 g/mol. The van der Waals surface area contributed by atoms with Gasteiger partial charge >= 0.3 is 0 Å². The lowest BCUT2D eigenvalue weighted by atomic mass is 10.2. The maximum absolute atomic E-state index is 13.1. The van der Waals surface area contributed by atoms with E-state index in [1.165, 1.54) is 0 Å². The van der Waals surface area contributed by atoms with Crippen molar-refractivity contribution in [1.29, 1.82) is 0 Å². The Morgan fingerprint density at radius 2 is 1.83 bits per heavy atom. The molecule has 1 aliphatic rings. The molecule has 1 N–H and O–H groups in total. The van der Waals surface area contributed by atoms with Gasteiger partial charge in [-0.1, -0.05) is 15.9 Å². The standard InChI is InChI=1S/C17H13BrF2N2O2/c18-12-1-2-15-10(5-12)3-4-22(15)16(23)9-21-17(24)11-6-13(19)8-14(20)7-11/h1-2,5-8H,3-4,9H2,(H,21,24). The number of carbonyl (C=O) groups is 2. The number of halogens is 3. The van der Waals surface area contributed by atoms with Crippen molar-refractivity contribution in [3.63, 3.8) is 0 Å². The fraction of sp³-hybridized carbons (Fsp3) is 0.176. The van der Waals surface area contributed by atoms with Gasteiger partial charge in [-0.3, -0.25) is 9.59 Å². The number of amides is 2. The lowest BCUT2D eigenvalue weighted by molar-refractivity contribution is -0.117. The first-order valence-corrected chi connectivity index (χ1v) is 8.06. The molecule has 4 nitrogen and oxygen atoms in total. The van der Waals surface area contributed by atoms with Gasteiger partial charge in [0.15, 0.2) is 0 Å². The van der Waals surface area contributed by atoms with Crippen LogP contribution in [0.1, 0.15) is 15.9 Å². The van der Waals surface area contributed by atoms with Crippen molar-refractivity contribution in [1.82, 2.24) is 5.32 Å². The summed E-state index contributed by atoms with van der Waals surface area (Å²) in [7, 11) is 0. The van der Waals surface area contributed by atoms with E-state index >= 15 is 0 Å². The molecule has 7 heteroatoms. The van der Waals surface area contributed by atoms with Crippen LogP contribution in [0.25, 0.3) is 0 Å². The van der Waals surface area contributed by atoms with Crippen LogP contribution in [0.2, 0.25) is 0 Å². The molecular weight excluding hydrogens is 382 g/mol. The second kappa shape index (κ2) is 6.68. The zero-order valence-corrected chi connectivity index (χ0v) is 14.1. The highest BCUT2D eigenvalue weighted by Crippen LogP contribution is 2.30. The van der Waals surface area contributed by atoms with Crippen LogP contribution in [-0.2, 0) is 11.2 Å². The average Bonchev–Trinajstić information content (AvgIpc) is 2.94. The van der Waals surface area contributed by atoms with Gasteiger partial charge < -0.3 is 10.2 Å². The van der Waals surface area contributed by atoms with Crippen molar-refractivity contribution < 1.29 is 18.4 Å². The Bertz CT molecular complexity index is 806. The zero-order valence-electron chi connectivity index (χ0n) is 12.5. The molecule has 0 atom stereocenters. The lowest BCUT2D eigenvalue weighted by Crippen LogP contribution is -2.39. The smallest absolute Gasteiger partial charge is 0.251 e. The topological polar surface area (TPSA) is 49.4 Å². The fourth-order valence-electron chi connectivity index (χ4n) is 2.67. The number of fused-ring (bicyclic) bond motifs is 1. The van der Waals surface area contributed by atoms with Crippen LogP contribution in [0.3, 0.4) is 0 Å². The van der Waals surface area contributed by atoms with Crippen molar-refractivity contribution in [2.24, 2.45) is 0 Å². The van der Waals surface area contributed by atoms with E-state index in [4.69, 9.17) is 0 Å². The fourth-order valence-corrected chi connectivity index (χ4v) is 3.08. The van der Waals surface area contributed by atoms with Crippen molar-refractivity contribution >= 4 is 33.4 Å². The third-order valence-electron chi connectivity index (χ3n) is 3.76. The number of nitrogens with zero attached hydrogens (tertiary/aromatic N) is 1. The first-order valence-electron chi connectivity index (χ1n) is 7.27. The number of hydrogen-bond acceptors (Lipinski definition) is 2. The van der Waals surface area contributed by atoms with Crippen LogP contribution < -0.4 is 10.2 Å². The van der Waals surface area contributed by atoms with Gasteiger partial charge in [-0.15, -0.1) is 0 Å². The van der Waals surface area contributed by atoms with E-state index in [0.29, 0.717) is 12.6 Å². The predicted octanol–water partition coefficient (Wildman–Crippen LogP) is 3.05. The molecule has 124 valence electrons. The molecule has 0 aromatic heterocycles. The van der Waals surface area contributed by atoms with Crippen LogP contribution in [0.5, 0.6) is 0 Å². The van der Waals surface area contributed by atoms with Gasteiger partial charge in [0, 0.05) is 28.3 Å². The largest absolute Gasteiger partial charge is 0.343 e. The minimum absolute atomic E-state index is 0.161. The summed E-state index contributed by atoms with van der Waals surface area (Å²) < 4.78 is 27.2. The van der Waals surface area contributed by atoms with Gasteiger partial charge in [-0.25, -0.2) is 8.78 Å². The van der Waals surface area contributed by atoms with E-state index in [-0.39, 0.29) is 18.0 Å². The average molecular weight is 395 g/mol. The summed E-state index contributed by atoms with van der Waals surface area (Å²) in [5.74, 6) is -2.66. The number of rotatable bonds is 3. The van der Waals surface area contributed by atoms with Crippen LogP contribution in [0.4, 0.5) is 14.5 Å². The first-order chi connectivity index (χ1) is 11.4. The molecule has 0 saturated heterocycles. The molecule has 0 radical (unpaired) electrons. The Morgan fingerprint density at radius 1 is 1.12 bits per heavy atom. The highest BCUT2D eigenvalue weighted by Gasteiger charge is 2.24. The van der Waals surface area contributed by atoms with Gasteiger partial charge in [0.1, 0.15) is 11.6 Å². The lowest BCUT2D eigenvalue weighted by Gasteiger charge is -2.17. The van der Waals surface area contributed by atoms with Crippen LogP contribution in [0.15, 0.2) is 40.9 Å². The van der Waals surface area contributed by atoms with Gasteiger partial charge in [-0.2, -0.15) is 0 Å². The molecule has 0 aliphatic carbocycles. The Kier molecular flexibility index (Phi) is 4.62. The third-order valence-corrected chi connectivity index (χ3v) is 4.26. The number of carbonyl (C=O) groups excluding carboxylic acids is 2. The zero-order chi connectivity index (χ0) is 17.3. The Hall–Kier alpha value is -2.28. The molecule has 0 spiro atoms. The van der Waals surface area contributed by atoms with Crippen molar-refractivity contribution in [2.45, 2.75) is 6.42 Å². The third kappa shape index (κ3) is 3.46. The van der Waals surface area contributed by atoms with Gasteiger partial charge in [0.2, 0.25) is 5.91 Å². The molecule has 0 bridgehead atoms. The molecule has 0 fully saturated rings. The Morgan fingerprint density at radius 3 is 2.54 bits per heavy atom. The molecule has 1 heterocycles. The Labute approximate surface area is 145 Å². The summed E-state index contributed by atoms with van der Waals surface area (Å²) in [5.41, 5.74) is 1.71. The highest BCUT2D eigenvalue weighted by molar-refractivity contribution is 9.10. The molecule has 2 amide bonds. The minimum atomic E-state index is -0.842. The SMILES string of the molecule is O=C(NCC(=O)N1CCc2cc(Br)ccc21)c1cc(F)cc(F)c1. The minimum Gasteiger partial charge on any atom is -0.343 e. The summed E-state index contributed by atoms with van der Waals surface area (Å²) in [6.45, 7) is 0.293. The van der Waals surface area contributed by atoms with Crippen molar-refractivity contribution in [3.05, 3.63) is 63.6 Å². The van der Waals surface area contributed by atoms with Crippen LogP contribution >= 0.6 is 15.9 Å². The molecular formula is C17H13BrF2N2O2. The second-order valence-corrected chi connectivity index (χ2v) is 6.32. The molecule has 24 heavy (non-hydrogen) atoms.